The van der Waals surface area contributed by atoms with Crippen LogP contribution < -0.4 is 0 Å². The van der Waals surface area contributed by atoms with Crippen molar-refractivity contribution in [2.24, 2.45) is 0 Å². The second-order valence-corrected chi connectivity index (χ2v) is 4.77. The molecule has 0 saturated heterocycles. The molecule has 0 aliphatic rings. The molecule has 0 bridgehead atoms. The van der Waals surface area contributed by atoms with Gasteiger partial charge in [-0.05, 0) is 24.3 Å². The number of hydrogen-bond donors (Lipinski definition) is 0. The van der Waals surface area contributed by atoms with Crippen LogP contribution in [0.15, 0.2) is 30.3 Å². The summed E-state index contributed by atoms with van der Waals surface area (Å²) in [5.41, 5.74) is 0.378. The molecule has 2 aromatic rings. The van der Waals surface area contributed by atoms with Gasteiger partial charge < -0.3 is 4.74 Å². The minimum Gasteiger partial charge on any atom is -0.465 e. The molecule has 0 atom stereocenters. The minimum atomic E-state index is -1.14. The Morgan fingerprint density at radius 2 is 1.70 bits per heavy atom. The fourth-order valence-electron chi connectivity index (χ4n) is 1.76. The topological polar surface area (TPSA) is 26.3 Å². The number of halogens is 4. The van der Waals surface area contributed by atoms with Crippen molar-refractivity contribution in [1.29, 1.82) is 0 Å². The third-order valence-corrected chi connectivity index (χ3v) is 3.23. The number of carbonyl (C=O) groups excluding carboxylic acids is 1. The van der Waals surface area contributed by atoms with Crippen LogP contribution in [0.5, 0.6) is 0 Å². The lowest BCUT2D eigenvalue weighted by Gasteiger charge is -2.11. The van der Waals surface area contributed by atoms with Crippen molar-refractivity contribution in [2.75, 3.05) is 7.11 Å². The number of ether oxygens (including phenoxy) is 1. The molecule has 0 radical (unpaired) electrons. The molecule has 6 heteroatoms. The maximum atomic E-state index is 13.4. The first-order valence-corrected chi connectivity index (χ1v) is 6.22. The monoisotopic (exact) mass is 316 g/mol. The average molecular weight is 317 g/mol. The van der Waals surface area contributed by atoms with E-state index >= 15 is 0 Å². The van der Waals surface area contributed by atoms with Crippen LogP contribution in [0, 0.1) is 11.6 Å². The van der Waals surface area contributed by atoms with Gasteiger partial charge >= 0.3 is 5.97 Å². The first-order chi connectivity index (χ1) is 9.43. The molecule has 2 rings (SSSR count). The van der Waals surface area contributed by atoms with Crippen molar-refractivity contribution in [3.63, 3.8) is 0 Å². The number of benzene rings is 2. The standard InChI is InChI=1S/C14H8Cl2F2O2/c1-20-14(19)10-6-13(18)12(17)5-9(10)8-3-2-7(15)4-11(8)16/h2-6H,1H3. The summed E-state index contributed by atoms with van der Waals surface area (Å²) in [4.78, 5) is 11.7. The lowest BCUT2D eigenvalue weighted by molar-refractivity contribution is 0.0601. The SMILES string of the molecule is COC(=O)c1cc(F)c(F)cc1-c1ccc(Cl)cc1Cl. The van der Waals surface area contributed by atoms with Crippen molar-refractivity contribution >= 4 is 29.2 Å². The normalized spacial score (nSPS) is 10.4. The van der Waals surface area contributed by atoms with Gasteiger partial charge in [0.05, 0.1) is 12.7 Å². The predicted octanol–water partition coefficient (Wildman–Crippen LogP) is 4.73. The predicted molar refractivity (Wildman–Crippen MR) is 73.2 cm³/mol. The van der Waals surface area contributed by atoms with Gasteiger partial charge in [-0.1, -0.05) is 29.3 Å². The fraction of sp³-hybridized carbons (Fsp3) is 0.0714. The highest BCUT2D eigenvalue weighted by atomic mass is 35.5. The van der Waals surface area contributed by atoms with Gasteiger partial charge in [-0.2, -0.15) is 0 Å². The summed E-state index contributed by atoms with van der Waals surface area (Å²) < 4.78 is 31.3. The van der Waals surface area contributed by atoms with E-state index in [-0.39, 0.29) is 16.1 Å². The van der Waals surface area contributed by atoms with Crippen LogP contribution in [-0.4, -0.2) is 13.1 Å². The number of esters is 1. The van der Waals surface area contributed by atoms with Gasteiger partial charge in [0.2, 0.25) is 0 Å². The zero-order valence-corrected chi connectivity index (χ0v) is 11.7. The number of carbonyl (C=O) groups is 1. The Morgan fingerprint density at radius 1 is 1.05 bits per heavy atom. The summed E-state index contributed by atoms with van der Waals surface area (Å²) in [7, 11) is 1.15. The molecule has 0 aliphatic heterocycles. The molecule has 104 valence electrons. The molecule has 0 fully saturated rings. The number of methoxy groups -OCH3 is 1. The largest absolute Gasteiger partial charge is 0.465 e. The van der Waals surface area contributed by atoms with E-state index in [4.69, 9.17) is 23.2 Å². The van der Waals surface area contributed by atoms with Gasteiger partial charge in [0.15, 0.2) is 11.6 Å². The highest BCUT2D eigenvalue weighted by Crippen LogP contribution is 2.34. The van der Waals surface area contributed by atoms with Crippen molar-refractivity contribution in [3.8, 4) is 11.1 Å². The van der Waals surface area contributed by atoms with E-state index in [1.165, 1.54) is 18.2 Å². The quantitative estimate of drug-likeness (QED) is 0.749. The van der Waals surface area contributed by atoms with E-state index in [9.17, 15) is 13.6 Å². The molecular weight excluding hydrogens is 309 g/mol. The molecule has 0 saturated carbocycles. The van der Waals surface area contributed by atoms with E-state index in [2.05, 4.69) is 4.74 Å². The van der Waals surface area contributed by atoms with Crippen LogP contribution >= 0.6 is 23.2 Å². The summed E-state index contributed by atoms with van der Waals surface area (Å²) in [5.74, 6) is -3.01. The molecule has 0 heterocycles. The second-order valence-electron chi connectivity index (χ2n) is 3.93. The van der Waals surface area contributed by atoms with E-state index < -0.39 is 17.6 Å². The van der Waals surface area contributed by atoms with E-state index in [0.717, 1.165) is 19.2 Å². The van der Waals surface area contributed by atoms with Gasteiger partial charge in [-0.3, -0.25) is 0 Å². The first kappa shape index (κ1) is 14.8. The molecule has 2 nitrogen and oxygen atoms in total. The summed E-state index contributed by atoms with van der Waals surface area (Å²) >= 11 is 11.8. The summed E-state index contributed by atoms with van der Waals surface area (Å²) in [6.45, 7) is 0. The average Bonchev–Trinajstić information content (AvgIpc) is 2.41. The van der Waals surface area contributed by atoms with Gasteiger partial charge in [0.25, 0.3) is 0 Å². The van der Waals surface area contributed by atoms with Crippen molar-refractivity contribution in [2.45, 2.75) is 0 Å². The number of hydrogen-bond acceptors (Lipinski definition) is 2. The number of rotatable bonds is 2. The van der Waals surface area contributed by atoms with Crippen LogP contribution in [0.2, 0.25) is 10.0 Å². The maximum Gasteiger partial charge on any atom is 0.338 e. The van der Waals surface area contributed by atoms with Gasteiger partial charge in [0, 0.05) is 21.2 Å². The van der Waals surface area contributed by atoms with E-state index in [0.29, 0.717) is 10.6 Å². The summed E-state index contributed by atoms with van der Waals surface area (Å²) in [5, 5.41) is 0.606. The molecule has 0 N–H and O–H groups in total. The Hall–Kier alpha value is -1.65. The molecule has 0 aromatic heterocycles. The molecule has 0 amide bonds. The molecule has 0 spiro atoms. The fourth-order valence-corrected chi connectivity index (χ4v) is 2.27. The lowest BCUT2D eigenvalue weighted by Crippen LogP contribution is -2.05. The van der Waals surface area contributed by atoms with Crippen LogP contribution in [0.25, 0.3) is 11.1 Å². The Balaban J connectivity index is 2.71. The third-order valence-electron chi connectivity index (χ3n) is 2.69. The van der Waals surface area contributed by atoms with Crippen molar-refractivity contribution in [3.05, 3.63) is 57.6 Å². The Bertz CT molecular complexity index is 687. The summed E-state index contributed by atoms with van der Waals surface area (Å²) in [6, 6.07) is 6.17. The molecule has 2 aromatic carbocycles. The highest BCUT2D eigenvalue weighted by Gasteiger charge is 2.19. The molecule has 0 aliphatic carbocycles. The van der Waals surface area contributed by atoms with Gasteiger partial charge in [-0.15, -0.1) is 0 Å². The third kappa shape index (κ3) is 2.76. The van der Waals surface area contributed by atoms with E-state index in [1.807, 2.05) is 0 Å². The van der Waals surface area contributed by atoms with Crippen LogP contribution in [0.3, 0.4) is 0 Å². The Morgan fingerprint density at radius 3 is 2.30 bits per heavy atom. The Labute approximate surface area is 123 Å². The van der Waals surface area contributed by atoms with Crippen LogP contribution in [-0.2, 0) is 4.74 Å². The zero-order valence-electron chi connectivity index (χ0n) is 10.2. The first-order valence-electron chi connectivity index (χ1n) is 5.47. The smallest absolute Gasteiger partial charge is 0.338 e. The molecular formula is C14H8Cl2F2O2. The molecule has 20 heavy (non-hydrogen) atoms. The van der Waals surface area contributed by atoms with E-state index in [1.54, 1.807) is 0 Å². The van der Waals surface area contributed by atoms with Crippen LogP contribution in [0.4, 0.5) is 8.78 Å². The second kappa shape index (κ2) is 5.77. The maximum absolute atomic E-state index is 13.4. The highest BCUT2D eigenvalue weighted by molar-refractivity contribution is 6.36. The van der Waals surface area contributed by atoms with Gasteiger partial charge in [0.1, 0.15) is 0 Å². The zero-order chi connectivity index (χ0) is 14.9. The van der Waals surface area contributed by atoms with Crippen LogP contribution in [0.1, 0.15) is 10.4 Å². The van der Waals surface area contributed by atoms with Crippen molar-refractivity contribution < 1.29 is 18.3 Å². The molecule has 0 unspecified atom stereocenters. The lowest BCUT2D eigenvalue weighted by atomic mass is 9.99. The Kier molecular flexibility index (Phi) is 4.26. The summed E-state index contributed by atoms with van der Waals surface area (Å²) in [6.07, 6.45) is 0. The minimum absolute atomic E-state index is 0.115. The van der Waals surface area contributed by atoms with Crippen molar-refractivity contribution in [1.82, 2.24) is 0 Å². The van der Waals surface area contributed by atoms with Gasteiger partial charge in [-0.25, -0.2) is 13.6 Å².